The van der Waals surface area contributed by atoms with E-state index in [0.29, 0.717) is 12.5 Å². The van der Waals surface area contributed by atoms with E-state index in [-0.39, 0.29) is 6.03 Å². The number of methoxy groups -OCH3 is 1. The summed E-state index contributed by atoms with van der Waals surface area (Å²) in [6, 6.07) is 7.93. The van der Waals surface area contributed by atoms with Crippen LogP contribution in [0.5, 0.6) is 5.75 Å². The molecule has 1 atom stereocenters. The lowest BCUT2D eigenvalue weighted by molar-refractivity contribution is 0.102. The summed E-state index contributed by atoms with van der Waals surface area (Å²) in [5, 5.41) is 4.08. The number of carbonyl (C=O) groups excluding carboxylic acids is 1. The zero-order valence-corrected chi connectivity index (χ0v) is 15.0. The molecule has 0 spiro atoms. The molecule has 0 radical (unpaired) electrons. The van der Waals surface area contributed by atoms with Crippen molar-refractivity contribution in [2.24, 2.45) is 5.92 Å². The van der Waals surface area contributed by atoms with Crippen molar-refractivity contribution < 1.29 is 14.3 Å². The molecule has 136 valence electrons. The minimum Gasteiger partial charge on any atom is -0.497 e. The number of hydrogen-bond donors (Lipinski definition) is 2. The SMILES string of the molecule is CCCOC[C@@H]1CCN(C(=O)NCc2cc3cc(OC)ccc3[nH]2)C1. The van der Waals surface area contributed by atoms with E-state index in [1.165, 1.54) is 0 Å². The Bertz CT molecular complexity index is 713. The Morgan fingerprint density at radius 1 is 1.40 bits per heavy atom. The average Bonchev–Trinajstić information content (AvgIpc) is 3.25. The van der Waals surface area contributed by atoms with Gasteiger partial charge in [-0.25, -0.2) is 4.79 Å². The molecule has 2 aromatic rings. The number of aromatic nitrogens is 1. The standard InChI is InChI=1S/C19H27N3O3/c1-3-8-25-13-14-6-7-22(12-14)19(23)20-11-16-9-15-10-17(24-2)4-5-18(15)21-16/h4-5,9-10,14,21H,3,6-8,11-13H2,1-2H3,(H,20,23)/t14-/m1/s1. The number of carbonyl (C=O) groups is 1. The van der Waals surface area contributed by atoms with E-state index in [0.717, 1.165) is 61.5 Å². The van der Waals surface area contributed by atoms with Crippen molar-refractivity contribution in [1.29, 1.82) is 0 Å². The van der Waals surface area contributed by atoms with Gasteiger partial charge >= 0.3 is 6.03 Å². The number of rotatable bonds is 7. The Hall–Kier alpha value is -2.21. The van der Waals surface area contributed by atoms with Crippen LogP contribution < -0.4 is 10.1 Å². The smallest absolute Gasteiger partial charge is 0.317 e. The summed E-state index contributed by atoms with van der Waals surface area (Å²) in [6.07, 6.45) is 2.05. The second-order valence-corrected chi connectivity index (χ2v) is 6.58. The third kappa shape index (κ3) is 4.45. The molecule has 2 heterocycles. The maximum absolute atomic E-state index is 12.3. The molecule has 1 aliphatic rings. The fourth-order valence-corrected chi connectivity index (χ4v) is 3.22. The number of amides is 2. The molecule has 2 N–H and O–H groups in total. The van der Waals surface area contributed by atoms with E-state index >= 15 is 0 Å². The molecule has 3 rings (SSSR count). The monoisotopic (exact) mass is 345 g/mol. The predicted molar refractivity (Wildman–Crippen MR) is 97.9 cm³/mol. The minimum atomic E-state index is -0.00534. The Morgan fingerprint density at radius 3 is 3.08 bits per heavy atom. The Kier molecular flexibility index (Phi) is 5.81. The summed E-state index contributed by atoms with van der Waals surface area (Å²) in [5.74, 6) is 1.29. The number of benzene rings is 1. The molecule has 0 unspecified atom stereocenters. The molecule has 1 aromatic carbocycles. The largest absolute Gasteiger partial charge is 0.497 e. The number of nitrogens with zero attached hydrogens (tertiary/aromatic N) is 1. The highest BCUT2D eigenvalue weighted by Crippen LogP contribution is 2.21. The zero-order chi connectivity index (χ0) is 17.6. The highest BCUT2D eigenvalue weighted by molar-refractivity contribution is 5.82. The van der Waals surface area contributed by atoms with Crippen molar-refractivity contribution >= 4 is 16.9 Å². The molecule has 0 aliphatic carbocycles. The fraction of sp³-hybridized carbons (Fsp3) is 0.526. The van der Waals surface area contributed by atoms with Gasteiger partial charge in [-0.15, -0.1) is 0 Å². The number of hydrogen-bond acceptors (Lipinski definition) is 3. The van der Waals surface area contributed by atoms with Gasteiger partial charge in [-0.2, -0.15) is 0 Å². The average molecular weight is 345 g/mol. The summed E-state index contributed by atoms with van der Waals surface area (Å²) in [4.78, 5) is 17.6. The number of aromatic amines is 1. The molecule has 0 saturated carbocycles. The van der Waals surface area contributed by atoms with E-state index in [9.17, 15) is 4.79 Å². The van der Waals surface area contributed by atoms with Crippen molar-refractivity contribution in [3.05, 3.63) is 30.0 Å². The summed E-state index contributed by atoms with van der Waals surface area (Å²) in [5.41, 5.74) is 2.03. The van der Waals surface area contributed by atoms with Crippen LogP contribution in [0, 0.1) is 5.92 Å². The van der Waals surface area contributed by atoms with E-state index in [1.54, 1.807) is 7.11 Å². The van der Waals surface area contributed by atoms with Gasteiger partial charge in [0.1, 0.15) is 5.75 Å². The van der Waals surface area contributed by atoms with Crippen molar-refractivity contribution in [3.8, 4) is 5.75 Å². The van der Waals surface area contributed by atoms with E-state index < -0.39 is 0 Å². The quantitative estimate of drug-likeness (QED) is 0.758. The minimum absolute atomic E-state index is 0.00534. The molecule has 6 heteroatoms. The molecule has 0 bridgehead atoms. The van der Waals surface area contributed by atoms with Crippen LogP contribution in [-0.2, 0) is 11.3 Å². The van der Waals surface area contributed by atoms with Crippen LogP contribution in [0.1, 0.15) is 25.5 Å². The lowest BCUT2D eigenvalue weighted by atomic mass is 10.1. The first-order valence-electron chi connectivity index (χ1n) is 8.95. The number of ether oxygens (including phenoxy) is 2. The van der Waals surface area contributed by atoms with Gasteiger partial charge in [-0.3, -0.25) is 0 Å². The summed E-state index contributed by atoms with van der Waals surface area (Å²) < 4.78 is 10.8. The van der Waals surface area contributed by atoms with Crippen molar-refractivity contribution in [3.63, 3.8) is 0 Å². The molecule has 1 fully saturated rings. The van der Waals surface area contributed by atoms with E-state index in [1.807, 2.05) is 29.2 Å². The summed E-state index contributed by atoms with van der Waals surface area (Å²) in [6.45, 7) is 5.72. The van der Waals surface area contributed by atoms with Gasteiger partial charge in [0.25, 0.3) is 0 Å². The highest BCUT2D eigenvalue weighted by atomic mass is 16.5. The normalized spacial score (nSPS) is 17.2. The van der Waals surface area contributed by atoms with Crippen LogP contribution in [0.15, 0.2) is 24.3 Å². The first kappa shape index (κ1) is 17.6. The second-order valence-electron chi connectivity index (χ2n) is 6.58. The molecule has 1 saturated heterocycles. The van der Waals surface area contributed by atoms with Crippen LogP contribution in [0.25, 0.3) is 10.9 Å². The molecular weight excluding hydrogens is 318 g/mol. The number of nitrogens with one attached hydrogen (secondary N) is 2. The second kappa shape index (κ2) is 8.25. The van der Waals surface area contributed by atoms with Gasteiger partial charge in [0, 0.05) is 42.2 Å². The Balaban J connectivity index is 1.49. The maximum atomic E-state index is 12.3. The Morgan fingerprint density at radius 2 is 2.28 bits per heavy atom. The maximum Gasteiger partial charge on any atom is 0.317 e. The van der Waals surface area contributed by atoms with Crippen molar-refractivity contribution in [2.45, 2.75) is 26.3 Å². The van der Waals surface area contributed by atoms with Gasteiger partial charge in [0.15, 0.2) is 0 Å². The van der Waals surface area contributed by atoms with E-state index in [2.05, 4.69) is 17.2 Å². The van der Waals surface area contributed by atoms with Crippen LogP contribution in [-0.4, -0.2) is 49.3 Å². The first-order valence-corrected chi connectivity index (χ1v) is 8.95. The third-order valence-electron chi connectivity index (χ3n) is 4.59. The van der Waals surface area contributed by atoms with Crippen LogP contribution in [0.2, 0.25) is 0 Å². The summed E-state index contributed by atoms with van der Waals surface area (Å²) >= 11 is 0. The molecule has 1 aliphatic heterocycles. The number of H-pyrrole nitrogens is 1. The Labute approximate surface area is 148 Å². The number of likely N-dealkylation sites (tertiary alicyclic amines) is 1. The van der Waals surface area contributed by atoms with Crippen LogP contribution >= 0.6 is 0 Å². The van der Waals surface area contributed by atoms with E-state index in [4.69, 9.17) is 9.47 Å². The van der Waals surface area contributed by atoms with Crippen molar-refractivity contribution in [2.75, 3.05) is 33.4 Å². The molecule has 2 amide bonds. The molecule has 1 aromatic heterocycles. The van der Waals surface area contributed by atoms with Crippen LogP contribution in [0.4, 0.5) is 4.79 Å². The lowest BCUT2D eigenvalue weighted by Gasteiger charge is -2.17. The van der Waals surface area contributed by atoms with Crippen LogP contribution in [0.3, 0.4) is 0 Å². The number of fused-ring (bicyclic) bond motifs is 1. The number of urea groups is 1. The third-order valence-corrected chi connectivity index (χ3v) is 4.59. The van der Waals surface area contributed by atoms with Gasteiger partial charge in [0.05, 0.1) is 20.3 Å². The van der Waals surface area contributed by atoms with Gasteiger partial charge < -0.3 is 24.7 Å². The van der Waals surface area contributed by atoms with Gasteiger partial charge in [-0.1, -0.05) is 6.92 Å². The molecule has 6 nitrogen and oxygen atoms in total. The van der Waals surface area contributed by atoms with Gasteiger partial charge in [0.2, 0.25) is 0 Å². The topological polar surface area (TPSA) is 66.6 Å². The zero-order valence-electron chi connectivity index (χ0n) is 15.0. The first-order chi connectivity index (χ1) is 12.2. The lowest BCUT2D eigenvalue weighted by Crippen LogP contribution is -2.38. The van der Waals surface area contributed by atoms with Crippen molar-refractivity contribution in [1.82, 2.24) is 15.2 Å². The molecular formula is C19H27N3O3. The molecule has 25 heavy (non-hydrogen) atoms. The highest BCUT2D eigenvalue weighted by Gasteiger charge is 2.26. The van der Waals surface area contributed by atoms with Gasteiger partial charge in [-0.05, 0) is 37.1 Å². The fourth-order valence-electron chi connectivity index (χ4n) is 3.22. The predicted octanol–water partition coefficient (Wildman–Crippen LogP) is 3.13. The summed E-state index contributed by atoms with van der Waals surface area (Å²) in [7, 11) is 1.66.